The third-order valence-electron chi connectivity index (χ3n) is 2.04. The summed E-state index contributed by atoms with van der Waals surface area (Å²) in [6.45, 7) is 9.23. The fraction of sp³-hybridized carbons (Fsp3) is 0.800. The van der Waals surface area contributed by atoms with Crippen molar-refractivity contribution < 1.29 is 17.2 Å². The van der Waals surface area contributed by atoms with Crippen molar-refractivity contribution in [2.45, 2.75) is 27.2 Å². The molecule has 0 aliphatic carbocycles. The van der Waals surface area contributed by atoms with E-state index in [1.807, 2.05) is 0 Å². The van der Waals surface area contributed by atoms with Crippen LogP contribution < -0.4 is 0 Å². The van der Waals surface area contributed by atoms with Gasteiger partial charge >= 0.3 is 10.4 Å². The zero-order chi connectivity index (χ0) is 13.3. The number of hydrogen-bond acceptors (Lipinski definition) is 5. The first-order chi connectivity index (χ1) is 7.92. The molecule has 7 heteroatoms. The average molecular weight is 266 g/mol. The largest absolute Gasteiger partial charge is 0.397 e. The summed E-state index contributed by atoms with van der Waals surface area (Å²) in [5.41, 5.74) is 0. The Bertz CT molecular complexity index is 316. The predicted octanol–water partition coefficient (Wildman–Crippen LogP) is 1.29. The molecule has 0 radical (unpaired) electrons. The zero-order valence-electron chi connectivity index (χ0n) is 10.7. The van der Waals surface area contributed by atoms with Crippen molar-refractivity contribution in [2.24, 2.45) is 0 Å². The van der Waals surface area contributed by atoms with Crippen LogP contribution >= 0.6 is 0 Å². The highest BCUT2D eigenvalue weighted by atomic mass is 32.3. The van der Waals surface area contributed by atoms with Crippen LogP contribution in [0, 0.1) is 0 Å². The van der Waals surface area contributed by atoms with Gasteiger partial charge in [-0.25, -0.2) is 4.18 Å². The van der Waals surface area contributed by atoms with Crippen LogP contribution in [-0.2, 0) is 14.6 Å². The van der Waals surface area contributed by atoms with Gasteiger partial charge in [-0.05, 0) is 20.3 Å². The zero-order valence-corrected chi connectivity index (χ0v) is 11.5. The molecule has 0 fully saturated rings. The monoisotopic (exact) mass is 266 g/mol. The maximum atomic E-state index is 9.56. The molecule has 0 saturated heterocycles. The third-order valence-corrected chi connectivity index (χ3v) is 2.57. The molecule has 1 rings (SSSR count). The standard InChI is InChI=1S/C8H16N2.C2H6O4S/c1-3-5-10-7-6-9(4-2)8-10;1-2-6-7(3,4)5/h6-7H,3-5,8H2,1-2H3;2H2,1H3,(H,3,4,5). The molecule has 0 aromatic heterocycles. The van der Waals surface area contributed by atoms with Crippen molar-refractivity contribution in [3.05, 3.63) is 12.4 Å². The molecule has 0 saturated carbocycles. The Labute approximate surface area is 104 Å². The second-order valence-corrected chi connectivity index (χ2v) is 4.58. The average Bonchev–Trinajstić information content (AvgIpc) is 2.65. The molecule has 0 amide bonds. The van der Waals surface area contributed by atoms with E-state index in [9.17, 15) is 8.42 Å². The highest BCUT2D eigenvalue weighted by Crippen LogP contribution is 2.05. The topological polar surface area (TPSA) is 70.1 Å². The fourth-order valence-corrected chi connectivity index (χ4v) is 1.60. The lowest BCUT2D eigenvalue weighted by molar-refractivity contribution is 0.273. The molecular weight excluding hydrogens is 244 g/mol. The Morgan fingerprint density at radius 1 is 1.24 bits per heavy atom. The van der Waals surface area contributed by atoms with Crippen LogP contribution in [0.3, 0.4) is 0 Å². The van der Waals surface area contributed by atoms with Crippen LogP contribution in [0.15, 0.2) is 12.4 Å². The minimum Gasteiger partial charge on any atom is -0.359 e. The van der Waals surface area contributed by atoms with Gasteiger partial charge in [0, 0.05) is 25.5 Å². The van der Waals surface area contributed by atoms with Crippen LogP contribution in [-0.4, -0.2) is 49.1 Å². The molecule has 1 aliphatic heterocycles. The molecule has 0 aromatic carbocycles. The van der Waals surface area contributed by atoms with Crippen LogP contribution in [0.5, 0.6) is 0 Å². The Balaban J connectivity index is 0.000000325. The maximum absolute atomic E-state index is 9.56. The van der Waals surface area contributed by atoms with Gasteiger partial charge in [-0.2, -0.15) is 8.42 Å². The van der Waals surface area contributed by atoms with Crippen molar-refractivity contribution >= 4 is 10.4 Å². The van der Waals surface area contributed by atoms with Gasteiger partial charge in [0.25, 0.3) is 0 Å². The summed E-state index contributed by atoms with van der Waals surface area (Å²) in [4.78, 5) is 4.64. The normalized spacial score (nSPS) is 14.8. The van der Waals surface area contributed by atoms with E-state index in [2.05, 4.69) is 40.2 Å². The molecule has 1 N–H and O–H groups in total. The van der Waals surface area contributed by atoms with Crippen LogP contribution in [0.2, 0.25) is 0 Å². The molecule has 0 atom stereocenters. The molecule has 1 aliphatic rings. The number of hydrogen-bond donors (Lipinski definition) is 1. The van der Waals surface area contributed by atoms with Gasteiger partial charge in [-0.3, -0.25) is 4.55 Å². The van der Waals surface area contributed by atoms with Crippen molar-refractivity contribution in [1.29, 1.82) is 0 Å². The summed E-state index contributed by atoms with van der Waals surface area (Å²) in [5, 5.41) is 0. The number of rotatable bonds is 5. The lowest BCUT2D eigenvalue weighted by Gasteiger charge is -2.18. The number of nitrogens with zero attached hydrogens (tertiary/aromatic N) is 2. The summed E-state index contributed by atoms with van der Waals surface area (Å²) < 4.78 is 30.7. The molecule has 0 bridgehead atoms. The molecule has 0 aromatic rings. The SMILES string of the molecule is CCCN1C=CN(CC)C1.CCOS(=O)(=O)O. The van der Waals surface area contributed by atoms with E-state index in [0.29, 0.717) is 0 Å². The van der Waals surface area contributed by atoms with Gasteiger partial charge in [-0.1, -0.05) is 6.92 Å². The Morgan fingerprint density at radius 3 is 2.12 bits per heavy atom. The van der Waals surface area contributed by atoms with Gasteiger partial charge in [0.15, 0.2) is 0 Å². The van der Waals surface area contributed by atoms with E-state index in [1.54, 1.807) is 0 Å². The first-order valence-corrected chi connectivity index (χ1v) is 7.07. The Kier molecular flexibility index (Phi) is 7.94. The summed E-state index contributed by atoms with van der Waals surface area (Å²) in [7, 11) is -4.17. The molecular formula is C10H22N2O4S. The fourth-order valence-electron chi connectivity index (χ4n) is 1.30. The van der Waals surface area contributed by atoms with E-state index < -0.39 is 10.4 Å². The molecule has 102 valence electrons. The highest BCUT2D eigenvalue weighted by molar-refractivity contribution is 7.80. The molecule has 6 nitrogen and oxygen atoms in total. The first kappa shape index (κ1) is 16.2. The van der Waals surface area contributed by atoms with Crippen LogP contribution in [0.25, 0.3) is 0 Å². The Hall–Kier alpha value is -0.790. The maximum Gasteiger partial charge on any atom is 0.397 e. The van der Waals surface area contributed by atoms with E-state index >= 15 is 0 Å². The smallest absolute Gasteiger partial charge is 0.359 e. The first-order valence-electron chi connectivity index (χ1n) is 5.71. The summed E-state index contributed by atoms with van der Waals surface area (Å²) in [6, 6.07) is 0. The molecule has 17 heavy (non-hydrogen) atoms. The van der Waals surface area contributed by atoms with E-state index in [0.717, 1.165) is 13.2 Å². The second-order valence-electron chi connectivity index (χ2n) is 3.49. The lowest BCUT2D eigenvalue weighted by atomic mass is 10.4. The summed E-state index contributed by atoms with van der Waals surface area (Å²) >= 11 is 0. The van der Waals surface area contributed by atoms with Crippen molar-refractivity contribution in [3.8, 4) is 0 Å². The van der Waals surface area contributed by atoms with Crippen molar-refractivity contribution in [2.75, 3.05) is 26.4 Å². The van der Waals surface area contributed by atoms with E-state index in [1.165, 1.54) is 19.9 Å². The predicted molar refractivity (Wildman–Crippen MR) is 66.6 cm³/mol. The Morgan fingerprint density at radius 2 is 1.82 bits per heavy atom. The second kappa shape index (κ2) is 8.32. The lowest BCUT2D eigenvalue weighted by Crippen LogP contribution is -2.25. The molecule has 0 unspecified atom stereocenters. The summed E-state index contributed by atoms with van der Waals surface area (Å²) in [5.74, 6) is 0. The quantitative estimate of drug-likeness (QED) is 0.756. The minimum atomic E-state index is -4.17. The van der Waals surface area contributed by atoms with Gasteiger partial charge in [0.2, 0.25) is 0 Å². The van der Waals surface area contributed by atoms with Gasteiger partial charge in [0.05, 0.1) is 13.3 Å². The molecule has 1 heterocycles. The minimum absolute atomic E-state index is 0.0289. The summed E-state index contributed by atoms with van der Waals surface area (Å²) in [6.07, 6.45) is 5.57. The third kappa shape index (κ3) is 8.96. The van der Waals surface area contributed by atoms with Gasteiger partial charge < -0.3 is 9.80 Å². The van der Waals surface area contributed by atoms with Crippen molar-refractivity contribution in [3.63, 3.8) is 0 Å². The van der Waals surface area contributed by atoms with Gasteiger partial charge in [0.1, 0.15) is 0 Å². The van der Waals surface area contributed by atoms with Crippen LogP contribution in [0.4, 0.5) is 0 Å². The van der Waals surface area contributed by atoms with Crippen LogP contribution in [0.1, 0.15) is 27.2 Å². The molecule has 0 spiro atoms. The van der Waals surface area contributed by atoms with E-state index in [4.69, 9.17) is 4.55 Å². The highest BCUT2D eigenvalue weighted by Gasteiger charge is 2.07. The van der Waals surface area contributed by atoms with Gasteiger partial charge in [-0.15, -0.1) is 0 Å². The van der Waals surface area contributed by atoms with Crippen molar-refractivity contribution in [1.82, 2.24) is 9.80 Å². The van der Waals surface area contributed by atoms with E-state index in [-0.39, 0.29) is 6.61 Å².